The van der Waals surface area contributed by atoms with Gasteiger partial charge in [0.25, 0.3) is 0 Å². The van der Waals surface area contributed by atoms with Gasteiger partial charge in [0.1, 0.15) is 0 Å². The summed E-state index contributed by atoms with van der Waals surface area (Å²) in [6.07, 6.45) is 3.13. The Morgan fingerprint density at radius 3 is 2.67 bits per heavy atom. The van der Waals surface area contributed by atoms with Gasteiger partial charge in [0, 0.05) is 19.3 Å². The molecule has 0 aliphatic heterocycles. The number of nitrogens with one attached hydrogen (secondary N) is 1. The first kappa shape index (κ1) is 12.1. The Morgan fingerprint density at radius 2 is 2.13 bits per heavy atom. The van der Waals surface area contributed by atoms with Gasteiger partial charge in [-0.25, -0.2) is 0 Å². The number of aromatic nitrogens is 1. The van der Waals surface area contributed by atoms with Gasteiger partial charge < -0.3 is 10.2 Å². The van der Waals surface area contributed by atoms with E-state index < -0.39 is 0 Å². The van der Waals surface area contributed by atoms with E-state index >= 15 is 0 Å². The average molecular weight is 207 g/mol. The van der Waals surface area contributed by atoms with Crippen LogP contribution in [-0.2, 0) is 13.1 Å². The molecule has 1 rings (SSSR count). The second kappa shape index (κ2) is 6.53. The van der Waals surface area contributed by atoms with Gasteiger partial charge >= 0.3 is 0 Å². The fourth-order valence-electron chi connectivity index (χ4n) is 1.39. The summed E-state index contributed by atoms with van der Waals surface area (Å²) >= 11 is 0. The van der Waals surface area contributed by atoms with Crippen molar-refractivity contribution in [2.75, 3.05) is 20.6 Å². The van der Waals surface area contributed by atoms with Crippen molar-refractivity contribution in [3.8, 4) is 0 Å². The molecular weight excluding hydrogens is 186 g/mol. The molecule has 0 fully saturated rings. The van der Waals surface area contributed by atoms with Crippen LogP contribution in [0.25, 0.3) is 0 Å². The summed E-state index contributed by atoms with van der Waals surface area (Å²) in [4.78, 5) is 6.54. The van der Waals surface area contributed by atoms with E-state index in [2.05, 4.69) is 48.4 Å². The van der Waals surface area contributed by atoms with Crippen LogP contribution in [-0.4, -0.2) is 30.5 Å². The zero-order valence-electron chi connectivity index (χ0n) is 9.95. The van der Waals surface area contributed by atoms with Gasteiger partial charge in [-0.2, -0.15) is 0 Å². The number of hydrogen-bond donors (Lipinski definition) is 1. The van der Waals surface area contributed by atoms with Gasteiger partial charge in [0.05, 0.1) is 5.69 Å². The SMILES string of the molecule is CCCNCc1ccc(CN(C)C)nc1. The molecule has 1 aromatic rings. The summed E-state index contributed by atoms with van der Waals surface area (Å²) in [6, 6.07) is 4.25. The van der Waals surface area contributed by atoms with Crippen LogP contribution < -0.4 is 5.32 Å². The molecule has 0 spiro atoms. The molecule has 1 heterocycles. The lowest BCUT2D eigenvalue weighted by atomic mass is 10.2. The predicted octanol–water partition coefficient (Wildman–Crippen LogP) is 1.64. The Balaban J connectivity index is 2.42. The highest BCUT2D eigenvalue weighted by Crippen LogP contribution is 2.01. The van der Waals surface area contributed by atoms with Crippen LogP contribution in [0.15, 0.2) is 18.3 Å². The highest BCUT2D eigenvalue weighted by atomic mass is 15.1. The minimum absolute atomic E-state index is 0.905. The topological polar surface area (TPSA) is 28.2 Å². The fourth-order valence-corrected chi connectivity index (χ4v) is 1.39. The van der Waals surface area contributed by atoms with Crippen molar-refractivity contribution in [1.82, 2.24) is 15.2 Å². The first-order valence-corrected chi connectivity index (χ1v) is 5.51. The molecule has 0 saturated heterocycles. The second-order valence-electron chi connectivity index (χ2n) is 4.07. The van der Waals surface area contributed by atoms with Crippen molar-refractivity contribution in [2.24, 2.45) is 0 Å². The maximum atomic E-state index is 4.42. The van der Waals surface area contributed by atoms with E-state index in [0.717, 1.165) is 25.3 Å². The highest BCUT2D eigenvalue weighted by molar-refractivity contribution is 5.13. The van der Waals surface area contributed by atoms with Gasteiger partial charge in [0.15, 0.2) is 0 Å². The van der Waals surface area contributed by atoms with E-state index in [1.54, 1.807) is 0 Å². The first-order chi connectivity index (χ1) is 7.22. The molecule has 0 saturated carbocycles. The van der Waals surface area contributed by atoms with Crippen LogP contribution in [0.4, 0.5) is 0 Å². The summed E-state index contributed by atoms with van der Waals surface area (Å²) in [7, 11) is 4.11. The minimum atomic E-state index is 0.905. The van der Waals surface area contributed by atoms with Crippen LogP contribution in [0.5, 0.6) is 0 Å². The lowest BCUT2D eigenvalue weighted by molar-refractivity contribution is 0.397. The zero-order chi connectivity index (χ0) is 11.1. The molecule has 0 atom stereocenters. The number of hydrogen-bond acceptors (Lipinski definition) is 3. The molecule has 0 aliphatic rings. The number of rotatable bonds is 6. The normalized spacial score (nSPS) is 10.9. The quantitative estimate of drug-likeness (QED) is 0.719. The van der Waals surface area contributed by atoms with Crippen molar-refractivity contribution in [2.45, 2.75) is 26.4 Å². The Kier molecular flexibility index (Phi) is 5.29. The molecule has 3 heteroatoms. The molecule has 15 heavy (non-hydrogen) atoms. The van der Waals surface area contributed by atoms with Crippen molar-refractivity contribution in [1.29, 1.82) is 0 Å². The molecule has 0 aromatic carbocycles. The van der Waals surface area contributed by atoms with Gasteiger partial charge in [-0.1, -0.05) is 13.0 Å². The third kappa shape index (κ3) is 4.91. The molecule has 0 amide bonds. The van der Waals surface area contributed by atoms with Crippen LogP contribution in [0.2, 0.25) is 0 Å². The average Bonchev–Trinajstić information content (AvgIpc) is 2.20. The van der Waals surface area contributed by atoms with E-state index in [0.29, 0.717) is 0 Å². The lowest BCUT2D eigenvalue weighted by Crippen LogP contribution is -2.15. The van der Waals surface area contributed by atoms with E-state index in [1.165, 1.54) is 12.0 Å². The second-order valence-corrected chi connectivity index (χ2v) is 4.07. The van der Waals surface area contributed by atoms with Crippen molar-refractivity contribution < 1.29 is 0 Å². The molecular formula is C12H21N3. The van der Waals surface area contributed by atoms with Crippen LogP contribution in [0.1, 0.15) is 24.6 Å². The Bertz CT molecular complexity index is 267. The standard InChI is InChI=1S/C12H21N3/c1-4-7-13-8-11-5-6-12(14-9-11)10-15(2)3/h5-6,9,13H,4,7-8,10H2,1-3H3. The van der Waals surface area contributed by atoms with E-state index in [1.807, 2.05) is 6.20 Å². The molecule has 0 bridgehead atoms. The molecule has 1 aromatic heterocycles. The van der Waals surface area contributed by atoms with E-state index in [4.69, 9.17) is 0 Å². The lowest BCUT2D eigenvalue weighted by Gasteiger charge is -2.09. The van der Waals surface area contributed by atoms with Gasteiger partial charge in [-0.3, -0.25) is 4.98 Å². The fraction of sp³-hybridized carbons (Fsp3) is 0.583. The third-order valence-corrected chi connectivity index (χ3v) is 2.12. The summed E-state index contributed by atoms with van der Waals surface area (Å²) in [5, 5.41) is 3.36. The van der Waals surface area contributed by atoms with E-state index in [-0.39, 0.29) is 0 Å². The maximum absolute atomic E-state index is 4.42. The Morgan fingerprint density at radius 1 is 1.33 bits per heavy atom. The molecule has 0 unspecified atom stereocenters. The summed E-state index contributed by atoms with van der Waals surface area (Å²) in [6.45, 7) is 5.07. The van der Waals surface area contributed by atoms with Crippen molar-refractivity contribution in [3.63, 3.8) is 0 Å². The maximum Gasteiger partial charge on any atom is 0.0543 e. The van der Waals surface area contributed by atoms with Crippen LogP contribution in [0.3, 0.4) is 0 Å². The summed E-state index contributed by atoms with van der Waals surface area (Å²) in [5.74, 6) is 0. The van der Waals surface area contributed by atoms with Crippen molar-refractivity contribution in [3.05, 3.63) is 29.6 Å². The van der Waals surface area contributed by atoms with Crippen molar-refractivity contribution >= 4 is 0 Å². The monoisotopic (exact) mass is 207 g/mol. The Labute approximate surface area is 92.5 Å². The Hall–Kier alpha value is -0.930. The van der Waals surface area contributed by atoms with E-state index in [9.17, 15) is 0 Å². The van der Waals surface area contributed by atoms with Gasteiger partial charge in [-0.05, 0) is 38.7 Å². The molecule has 1 N–H and O–H groups in total. The molecule has 3 nitrogen and oxygen atoms in total. The zero-order valence-corrected chi connectivity index (χ0v) is 9.95. The molecule has 0 aliphatic carbocycles. The van der Waals surface area contributed by atoms with Crippen LogP contribution >= 0.6 is 0 Å². The molecule has 0 radical (unpaired) electrons. The van der Waals surface area contributed by atoms with Gasteiger partial charge in [0.2, 0.25) is 0 Å². The minimum Gasteiger partial charge on any atom is -0.313 e. The van der Waals surface area contributed by atoms with Crippen LogP contribution in [0, 0.1) is 0 Å². The first-order valence-electron chi connectivity index (χ1n) is 5.51. The highest BCUT2D eigenvalue weighted by Gasteiger charge is 1.97. The van der Waals surface area contributed by atoms with Gasteiger partial charge in [-0.15, -0.1) is 0 Å². The number of nitrogens with zero attached hydrogens (tertiary/aromatic N) is 2. The third-order valence-electron chi connectivity index (χ3n) is 2.12. The summed E-state index contributed by atoms with van der Waals surface area (Å²) in [5.41, 5.74) is 2.38. The molecule has 84 valence electrons. The predicted molar refractivity (Wildman–Crippen MR) is 63.6 cm³/mol. The smallest absolute Gasteiger partial charge is 0.0543 e. The largest absolute Gasteiger partial charge is 0.313 e. The summed E-state index contributed by atoms with van der Waals surface area (Å²) < 4.78 is 0. The number of pyridine rings is 1.